The Morgan fingerprint density at radius 1 is 1.10 bits per heavy atom. The first-order valence-corrected chi connectivity index (χ1v) is 6.20. The third-order valence-electron chi connectivity index (χ3n) is 2.80. The summed E-state index contributed by atoms with van der Waals surface area (Å²) in [6, 6.07) is 6.94. The van der Waals surface area contributed by atoms with Gasteiger partial charge in [0.2, 0.25) is 0 Å². The highest BCUT2D eigenvalue weighted by molar-refractivity contribution is 5.68. The number of nitrogen functional groups attached to an aromatic ring is 1. The van der Waals surface area contributed by atoms with Gasteiger partial charge in [0.05, 0.1) is 0 Å². The zero-order chi connectivity index (χ0) is 15.8. The fourth-order valence-corrected chi connectivity index (χ4v) is 1.41. The summed E-state index contributed by atoms with van der Waals surface area (Å²) in [6.45, 7) is 0.425. The molecular weight excluding hydrogens is 281 g/mol. The molecule has 0 aromatic heterocycles. The number of halogens is 1. The van der Waals surface area contributed by atoms with Crippen molar-refractivity contribution in [3.63, 3.8) is 0 Å². The molecule has 0 aliphatic rings. The number of amides is 2. The summed E-state index contributed by atoms with van der Waals surface area (Å²) in [4.78, 5) is 27.9. The topological polar surface area (TPSA) is 85.1 Å². The van der Waals surface area contributed by atoms with Gasteiger partial charge in [0.1, 0.15) is 6.61 Å². The van der Waals surface area contributed by atoms with E-state index in [-0.39, 0.29) is 19.7 Å². The van der Waals surface area contributed by atoms with Crippen molar-refractivity contribution < 1.29 is 23.8 Å². The summed E-state index contributed by atoms with van der Waals surface area (Å²) in [6.07, 6.45) is -1.66. The minimum Gasteiger partial charge on any atom is -0.445 e. The molecular formula is C13H18FN3O4. The van der Waals surface area contributed by atoms with Crippen LogP contribution in [0.4, 0.5) is 19.8 Å². The average Bonchev–Trinajstić information content (AvgIpc) is 2.50. The van der Waals surface area contributed by atoms with Crippen LogP contribution >= 0.6 is 0 Å². The average molecular weight is 299 g/mol. The third-order valence-corrected chi connectivity index (χ3v) is 2.80. The van der Waals surface area contributed by atoms with E-state index in [0.29, 0.717) is 5.69 Å². The summed E-state index contributed by atoms with van der Waals surface area (Å²) in [5, 5.41) is 0. The van der Waals surface area contributed by atoms with E-state index in [0.717, 1.165) is 10.5 Å². The van der Waals surface area contributed by atoms with Gasteiger partial charge in [0.15, 0.2) is 0 Å². The summed E-state index contributed by atoms with van der Waals surface area (Å²) in [7, 11) is 2.87. The van der Waals surface area contributed by atoms with Gasteiger partial charge in [0, 0.05) is 37.4 Å². The van der Waals surface area contributed by atoms with Crippen LogP contribution in [0.5, 0.6) is 0 Å². The van der Waals surface area contributed by atoms with Gasteiger partial charge in [-0.1, -0.05) is 12.1 Å². The van der Waals surface area contributed by atoms with Gasteiger partial charge < -0.3 is 20.3 Å². The number of nitrogens with zero attached hydrogens (tertiary/aromatic N) is 2. The Balaban J connectivity index is 2.34. The Labute approximate surface area is 121 Å². The number of rotatable bonds is 5. The molecule has 8 heteroatoms. The van der Waals surface area contributed by atoms with Crippen molar-refractivity contribution in [2.45, 2.75) is 6.61 Å². The second-order valence-corrected chi connectivity index (χ2v) is 4.48. The molecule has 1 aromatic carbocycles. The first-order valence-electron chi connectivity index (χ1n) is 6.20. The highest BCUT2D eigenvalue weighted by Gasteiger charge is 2.14. The monoisotopic (exact) mass is 299 g/mol. The normalized spacial score (nSPS) is 9.86. The smallest absolute Gasteiger partial charge is 0.445 e. The lowest BCUT2D eigenvalue weighted by atomic mass is 10.2. The van der Waals surface area contributed by atoms with E-state index >= 15 is 0 Å². The van der Waals surface area contributed by atoms with Crippen molar-refractivity contribution in [2.75, 3.05) is 32.9 Å². The second kappa shape index (κ2) is 7.93. The summed E-state index contributed by atoms with van der Waals surface area (Å²) < 4.78 is 16.7. The van der Waals surface area contributed by atoms with Crippen molar-refractivity contribution >= 4 is 17.9 Å². The maximum absolute atomic E-state index is 11.7. The van der Waals surface area contributed by atoms with Crippen LogP contribution in [0.3, 0.4) is 0 Å². The fourth-order valence-electron chi connectivity index (χ4n) is 1.41. The van der Waals surface area contributed by atoms with Gasteiger partial charge >= 0.3 is 12.2 Å². The van der Waals surface area contributed by atoms with E-state index in [9.17, 15) is 14.1 Å². The van der Waals surface area contributed by atoms with Gasteiger partial charge in [-0.3, -0.25) is 0 Å². The number of hydrogen-bond acceptors (Lipinski definition) is 5. The molecule has 0 atom stereocenters. The molecule has 1 aromatic rings. The lowest BCUT2D eigenvalue weighted by Crippen LogP contribution is -2.37. The standard InChI is InChI=1S/C13H18FN3O4/c1-16(7-8-17(2)13(19)21-14)12(18)20-9-10-3-5-11(15)6-4-10/h3-6H,7-9,15H2,1-2H3. The highest BCUT2D eigenvalue weighted by Crippen LogP contribution is 2.07. The van der Waals surface area contributed by atoms with E-state index in [1.807, 2.05) is 0 Å². The lowest BCUT2D eigenvalue weighted by molar-refractivity contribution is -0.0773. The summed E-state index contributed by atoms with van der Waals surface area (Å²) >= 11 is 0. The predicted octanol–water partition coefficient (Wildman–Crippen LogP) is 1.79. The Morgan fingerprint density at radius 3 is 2.14 bits per heavy atom. The van der Waals surface area contributed by atoms with Crippen LogP contribution in [0.1, 0.15) is 5.56 Å². The van der Waals surface area contributed by atoms with Crippen molar-refractivity contribution in [1.29, 1.82) is 0 Å². The zero-order valence-corrected chi connectivity index (χ0v) is 11.9. The maximum atomic E-state index is 11.7. The number of anilines is 1. The van der Waals surface area contributed by atoms with Crippen LogP contribution in [0.25, 0.3) is 0 Å². The Morgan fingerprint density at radius 2 is 1.62 bits per heavy atom. The van der Waals surface area contributed by atoms with Crippen molar-refractivity contribution in [3.05, 3.63) is 29.8 Å². The molecule has 0 saturated heterocycles. The Kier molecular flexibility index (Phi) is 6.25. The molecule has 0 bridgehead atoms. The first-order chi connectivity index (χ1) is 9.93. The van der Waals surface area contributed by atoms with Crippen LogP contribution in [0.2, 0.25) is 0 Å². The minimum atomic E-state index is -1.11. The second-order valence-electron chi connectivity index (χ2n) is 4.48. The number of carbonyl (C=O) groups excluding carboxylic acids is 2. The molecule has 1 rings (SSSR count). The molecule has 7 nitrogen and oxygen atoms in total. The van der Waals surface area contributed by atoms with E-state index in [4.69, 9.17) is 10.5 Å². The maximum Gasteiger partial charge on any atom is 0.447 e. The molecule has 0 unspecified atom stereocenters. The third kappa shape index (κ3) is 5.55. The van der Waals surface area contributed by atoms with Crippen LogP contribution in [0.15, 0.2) is 24.3 Å². The first kappa shape index (κ1) is 16.5. The van der Waals surface area contributed by atoms with Crippen molar-refractivity contribution in [3.8, 4) is 0 Å². The molecule has 0 radical (unpaired) electrons. The van der Waals surface area contributed by atoms with Gasteiger partial charge in [-0.05, 0) is 17.7 Å². The van der Waals surface area contributed by atoms with E-state index in [1.54, 1.807) is 24.3 Å². The van der Waals surface area contributed by atoms with Crippen LogP contribution in [-0.4, -0.2) is 49.2 Å². The van der Waals surface area contributed by atoms with Crippen molar-refractivity contribution in [1.82, 2.24) is 9.80 Å². The van der Waals surface area contributed by atoms with E-state index < -0.39 is 12.2 Å². The van der Waals surface area contributed by atoms with Gasteiger partial charge in [0.25, 0.3) is 0 Å². The SMILES string of the molecule is CN(CCN(C)C(=O)OCc1ccc(N)cc1)C(=O)OF. The molecule has 0 aliphatic carbocycles. The largest absolute Gasteiger partial charge is 0.447 e. The van der Waals surface area contributed by atoms with Gasteiger partial charge in [-0.2, -0.15) is 0 Å². The molecule has 0 heterocycles. The summed E-state index contributed by atoms with van der Waals surface area (Å²) in [5.74, 6) is 0. The number of carbonyl (C=O) groups is 2. The molecule has 2 N–H and O–H groups in total. The molecule has 0 spiro atoms. The number of ether oxygens (including phenoxy) is 1. The number of nitrogens with two attached hydrogens (primary N) is 1. The van der Waals surface area contributed by atoms with Crippen LogP contribution in [-0.2, 0) is 16.3 Å². The molecule has 0 aliphatic heterocycles. The fraction of sp³-hybridized carbons (Fsp3) is 0.385. The quantitative estimate of drug-likeness (QED) is 0.838. The molecule has 21 heavy (non-hydrogen) atoms. The van der Waals surface area contributed by atoms with Crippen molar-refractivity contribution in [2.24, 2.45) is 0 Å². The number of benzene rings is 1. The number of hydrogen-bond donors (Lipinski definition) is 1. The van der Waals surface area contributed by atoms with E-state index in [2.05, 4.69) is 4.94 Å². The van der Waals surface area contributed by atoms with Gasteiger partial charge in [-0.25, -0.2) is 14.5 Å². The molecule has 0 fully saturated rings. The van der Waals surface area contributed by atoms with E-state index in [1.165, 1.54) is 19.0 Å². The molecule has 2 amide bonds. The van der Waals surface area contributed by atoms with Gasteiger partial charge in [-0.15, -0.1) is 0 Å². The highest BCUT2D eigenvalue weighted by atomic mass is 19.3. The lowest BCUT2D eigenvalue weighted by Gasteiger charge is -2.20. The Bertz CT molecular complexity index is 481. The molecule has 116 valence electrons. The Hall–Kier alpha value is -2.51. The minimum absolute atomic E-state index is 0.117. The zero-order valence-electron chi connectivity index (χ0n) is 11.9. The van der Waals surface area contributed by atoms with Crippen LogP contribution < -0.4 is 5.73 Å². The summed E-state index contributed by atoms with van der Waals surface area (Å²) in [5.41, 5.74) is 6.99. The predicted molar refractivity (Wildman–Crippen MR) is 73.9 cm³/mol. The van der Waals surface area contributed by atoms with Crippen LogP contribution in [0, 0.1) is 0 Å². The number of likely N-dealkylation sites (N-methyl/N-ethyl adjacent to an activating group) is 2. The molecule has 0 saturated carbocycles.